The summed E-state index contributed by atoms with van der Waals surface area (Å²) in [7, 11) is 0. The number of aliphatic hydroxyl groups excluding tert-OH is 1. The summed E-state index contributed by atoms with van der Waals surface area (Å²) in [5, 5.41) is 16.4. The molecule has 0 heterocycles. The number of hydrogen-bond donors (Lipinski definition) is 3. The fourth-order valence-corrected chi connectivity index (χ4v) is 3.18. The molecule has 1 aliphatic rings. The lowest BCUT2D eigenvalue weighted by atomic mass is 9.93. The highest BCUT2D eigenvalue weighted by Gasteiger charge is 2.19. The second-order valence-corrected chi connectivity index (χ2v) is 7.14. The summed E-state index contributed by atoms with van der Waals surface area (Å²) < 4.78 is 5.71. The summed E-state index contributed by atoms with van der Waals surface area (Å²) in [6, 6.07) is 0.435. The molecule has 0 atom stereocenters. The van der Waals surface area contributed by atoms with Crippen LogP contribution in [0.25, 0.3) is 0 Å². The van der Waals surface area contributed by atoms with E-state index in [1.54, 1.807) is 0 Å². The molecule has 1 rings (SSSR count). The van der Waals surface area contributed by atoms with Crippen LogP contribution in [0.3, 0.4) is 0 Å². The number of aliphatic imine (C=N–C) groups is 1. The van der Waals surface area contributed by atoms with Crippen molar-refractivity contribution >= 4 is 29.9 Å². The first-order valence-electron chi connectivity index (χ1n) is 10.6. The van der Waals surface area contributed by atoms with Crippen molar-refractivity contribution in [3.05, 3.63) is 0 Å². The van der Waals surface area contributed by atoms with Crippen LogP contribution < -0.4 is 10.6 Å². The van der Waals surface area contributed by atoms with E-state index < -0.39 is 0 Å². The maximum absolute atomic E-state index is 9.59. The summed E-state index contributed by atoms with van der Waals surface area (Å²) in [5.74, 6) is 0.903. The fraction of sp³-hybridized carbons (Fsp3) is 0.950. The summed E-state index contributed by atoms with van der Waals surface area (Å²) in [6.07, 6.45) is 12.5. The van der Waals surface area contributed by atoms with E-state index >= 15 is 0 Å². The van der Waals surface area contributed by atoms with E-state index in [2.05, 4.69) is 29.5 Å². The third-order valence-corrected chi connectivity index (χ3v) is 4.74. The maximum Gasteiger partial charge on any atom is 0.191 e. The summed E-state index contributed by atoms with van der Waals surface area (Å²) in [6.45, 7) is 7.69. The molecule has 0 spiro atoms. The zero-order valence-electron chi connectivity index (χ0n) is 17.0. The Morgan fingerprint density at radius 2 is 1.62 bits per heavy atom. The molecule has 0 aliphatic heterocycles. The first kappa shape index (κ1) is 25.9. The lowest BCUT2D eigenvalue weighted by Gasteiger charge is -2.27. The van der Waals surface area contributed by atoms with Crippen LogP contribution in [0, 0.1) is 0 Å². The summed E-state index contributed by atoms with van der Waals surface area (Å²) in [5.41, 5.74) is 0. The second-order valence-electron chi connectivity index (χ2n) is 7.14. The second kappa shape index (κ2) is 18.3. The number of rotatable bonds is 13. The monoisotopic (exact) mass is 483 g/mol. The minimum absolute atomic E-state index is 0. The number of ether oxygens (including phenoxy) is 1. The number of hydrogen-bond acceptors (Lipinski definition) is 3. The fourth-order valence-electron chi connectivity index (χ4n) is 3.18. The molecule has 0 aromatic rings. The Morgan fingerprint density at radius 3 is 2.31 bits per heavy atom. The molecule has 156 valence electrons. The highest BCUT2D eigenvalue weighted by molar-refractivity contribution is 14.0. The number of nitrogens with one attached hydrogen (secondary N) is 2. The average molecular weight is 483 g/mol. The Bertz CT molecular complexity index is 335. The van der Waals surface area contributed by atoms with Gasteiger partial charge in [-0.25, -0.2) is 0 Å². The molecular weight excluding hydrogens is 441 g/mol. The van der Waals surface area contributed by atoms with Crippen LogP contribution >= 0.6 is 24.0 Å². The molecule has 0 saturated heterocycles. The predicted molar refractivity (Wildman–Crippen MR) is 122 cm³/mol. The molecule has 1 aliphatic carbocycles. The van der Waals surface area contributed by atoms with Gasteiger partial charge >= 0.3 is 0 Å². The van der Waals surface area contributed by atoms with Crippen LogP contribution in [0.15, 0.2) is 4.99 Å². The normalized spacial score (nSPS) is 20.5. The number of guanidine groups is 1. The summed E-state index contributed by atoms with van der Waals surface area (Å²) >= 11 is 0. The molecule has 6 heteroatoms. The topological polar surface area (TPSA) is 65.9 Å². The van der Waals surface area contributed by atoms with Crippen molar-refractivity contribution in [2.24, 2.45) is 4.99 Å². The van der Waals surface area contributed by atoms with Gasteiger partial charge in [0.25, 0.3) is 0 Å². The van der Waals surface area contributed by atoms with Gasteiger partial charge in [0.15, 0.2) is 5.96 Å². The lowest BCUT2D eigenvalue weighted by Crippen LogP contribution is -2.45. The quantitative estimate of drug-likeness (QED) is 0.159. The summed E-state index contributed by atoms with van der Waals surface area (Å²) in [4.78, 5) is 4.65. The molecule has 0 radical (unpaired) electrons. The molecule has 0 aromatic heterocycles. The van der Waals surface area contributed by atoms with Gasteiger partial charge in [0.05, 0.1) is 6.10 Å². The Kier molecular flexibility index (Phi) is 18.2. The van der Waals surface area contributed by atoms with Crippen LogP contribution in [0.4, 0.5) is 0 Å². The van der Waals surface area contributed by atoms with E-state index in [9.17, 15) is 5.11 Å². The molecule has 0 bridgehead atoms. The first-order valence-corrected chi connectivity index (χ1v) is 10.6. The maximum atomic E-state index is 9.59. The Labute approximate surface area is 178 Å². The van der Waals surface area contributed by atoms with Crippen LogP contribution in [0.1, 0.15) is 84.5 Å². The van der Waals surface area contributed by atoms with Gasteiger partial charge in [-0.1, -0.05) is 39.0 Å². The van der Waals surface area contributed by atoms with Gasteiger partial charge in [0.2, 0.25) is 0 Å². The van der Waals surface area contributed by atoms with Crippen molar-refractivity contribution in [1.82, 2.24) is 10.6 Å². The largest absolute Gasteiger partial charge is 0.393 e. The van der Waals surface area contributed by atoms with E-state index in [-0.39, 0.29) is 30.1 Å². The van der Waals surface area contributed by atoms with E-state index in [1.165, 1.54) is 38.5 Å². The smallest absolute Gasteiger partial charge is 0.191 e. The van der Waals surface area contributed by atoms with Crippen LogP contribution in [0.5, 0.6) is 0 Å². The first-order chi connectivity index (χ1) is 12.3. The molecule has 3 N–H and O–H groups in total. The zero-order valence-corrected chi connectivity index (χ0v) is 19.3. The lowest BCUT2D eigenvalue weighted by molar-refractivity contribution is 0.120. The average Bonchev–Trinajstić information content (AvgIpc) is 2.61. The van der Waals surface area contributed by atoms with Gasteiger partial charge in [0.1, 0.15) is 0 Å². The van der Waals surface area contributed by atoms with Crippen molar-refractivity contribution in [1.29, 1.82) is 0 Å². The molecule has 0 aromatic carbocycles. The van der Waals surface area contributed by atoms with E-state index in [0.29, 0.717) is 6.04 Å². The number of unbranched alkanes of at least 4 members (excludes halogenated alkanes) is 5. The van der Waals surface area contributed by atoms with Crippen LogP contribution in [-0.4, -0.2) is 49.5 Å². The molecule has 1 saturated carbocycles. The highest BCUT2D eigenvalue weighted by atomic mass is 127. The van der Waals surface area contributed by atoms with Gasteiger partial charge < -0.3 is 20.5 Å². The Balaban J connectivity index is 0.00000625. The van der Waals surface area contributed by atoms with E-state index in [0.717, 1.165) is 64.4 Å². The molecule has 0 unspecified atom stereocenters. The van der Waals surface area contributed by atoms with Crippen LogP contribution in [0.2, 0.25) is 0 Å². The predicted octanol–water partition coefficient (Wildman–Crippen LogP) is 4.23. The van der Waals surface area contributed by atoms with Gasteiger partial charge in [-0.3, -0.25) is 4.99 Å². The van der Waals surface area contributed by atoms with Crippen molar-refractivity contribution in [2.45, 2.75) is 96.6 Å². The standard InChI is InChI=1S/C20H41N3O2.HI/c1-3-5-6-7-8-9-16-25-17-10-15-22-20(21-4-2)23-18-11-13-19(24)14-12-18;/h18-19,24H,3-17H2,1-2H3,(H2,21,22,23);1H. The van der Waals surface area contributed by atoms with Crippen molar-refractivity contribution in [3.63, 3.8) is 0 Å². The van der Waals surface area contributed by atoms with Gasteiger partial charge in [0, 0.05) is 32.3 Å². The number of halogens is 1. The van der Waals surface area contributed by atoms with E-state index in [4.69, 9.17) is 4.74 Å². The molecule has 5 nitrogen and oxygen atoms in total. The van der Waals surface area contributed by atoms with Crippen molar-refractivity contribution in [2.75, 3.05) is 26.3 Å². The SMILES string of the molecule is CCCCCCCCOCCCN=C(NCC)NC1CCC(O)CC1.I. The minimum Gasteiger partial charge on any atom is -0.393 e. The zero-order chi connectivity index (χ0) is 18.2. The highest BCUT2D eigenvalue weighted by Crippen LogP contribution is 2.18. The number of aliphatic hydroxyl groups is 1. The Hall–Kier alpha value is -0.0800. The minimum atomic E-state index is -0.110. The van der Waals surface area contributed by atoms with Crippen molar-refractivity contribution in [3.8, 4) is 0 Å². The third kappa shape index (κ3) is 14.0. The van der Waals surface area contributed by atoms with Gasteiger partial charge in [-0.2, -0.15) is 0 Å². The molecular formula is C20H42IN3O2. The van der Waals surface area contributed by atoms with Crippen molar-refractivity contribution < 1.29 is 9.84 Å². The van der Waals surface area contributed by atoms with Gasteiger partial charge in [-0.15, -0.1) is 24.0 Å². The van der Waals surface area contributed by atoms with Gasteiger partial charge in [-0.05, 0) is 45.4 Å². The Morgan fingerprint density at radius 1 is 0.962 bits per heavy atom. The molecule has 1 fully saturated rings. The molecule has 0 amide bonds. The third-order valence-electron chi connectivity index (χ3n) is 4.74. The van der Waals surface area contributed by atoms with E-state index in [1.807, 2.05) is 0 Å². The molecule has 26 heavy (non-hydrogen) atoms. The van der Waals surface area contributed by atoms with Crippen LogP contribution in [-0.2, 0) is 4.74 Å². The number of nitrogens with zero attached hydrogens (tertiary/aromatic N) is 1.